The van der Waals surface area contributed by atoms with Gasteiger partial charge in [-0.15, -0.1) is 11.3 Å². The summed E-state index contributed by atoms with van der Waals surface area (Å²) in [4.78, 5) is 14.2. The van der Waals surface area contributed by atoms with E-state index in [4.69, 9.17) is 0 Å². The van der Waals surface area contributed by atoms with Gasteiger partial charge in [0.05, 0.1) is 24.5 Å². The number of aliphatic hydroxyl groups is 1. The summed E-state index contributed by atoms with van der Waals surface area (Å²) in [6, 6.07) is 10.3. The van der Waals surface area contributed by atoms with Gasteiger partial charge < -0.3 is 19.9 Å². The van der Waals surface area contributed by atoms with Crippen molar-refractivity contribution in [3.8, 4) is 6.07 Å². The molecule has 2 N–H and O–H groups in total. The van der Waals surface area contributed by atoms with Crippen LogP contribution in [-0.2, 0) is 19.5 Å². The van der Waals surface area contributed by atoms with Crippen LogP contribution in [0.1, 0.15) is 54.3 Å². The van der Waals surface area contributed by atoms with Crippen LogP contribution in [0.25, 0.3) is 21.1 Å². The van der Waals surface area contributed by atoms with E-state index in [1.807, 2.05) is 10.6 Å². The molecule has 0 aliphatic carbocycles. The number of nitrogens with one attached hydrogen (secondary N) is 1. The third-order valence-corrected chi connectivity index (χ3v) is 10.7. The zero-order valence-corrected chi connectivity index (χ0v) is 26.6. The minimum Gasteiger partial charge on any atom is -0.391 e. The number of anilines is 1. The maximum Gasteiger partial charge on any atom is 0.393 e. The summed E-state index contributed by atoms with van der Waals surface area (Å²) in [6.07, 6.45) is -0.561. The smallest absolute Gasteiger partial charge is 0.391 e. The number of rotatable bonds is 9. The Morgan fingerprint density at radius 1 is 1.07 bits per heavy atom. The molecule has 2 aliphatic heterocycles. The lowest BCUT2D eigenvalue weighted by Gasteiger charge is -2.34. The first-order chi connectivity index (χ1) is 21.6. The molecule has 1 aromatic carbocycles. The summed E-state index contributed by atoms with van der Waals surface area (Å²) >= 11 is 1.06. The Morgan fingerprint density at radius 2 is 1.80 bits per heavy atom. The minimum atomic E-state index is -4.26. The molecule has 12 heteroatoms. The lowest BCUT2D eigenvalue weighted by Crippen LogP contribution is -2.39. The van der Waals surface area contributed by atoms with Crippen LogP contribution in [0.5, 0.6) is 0 Å². The Hall–Kier alpha value is -3.24. The first-order valence-corrected chi connectivity index (χ1v) is 16.6. The third kappa shape index (κ3) is 7.12. The van der Waals surface area contributed by atoms with Crippen LogP contribution in [0, 0.1) is 24.2 Å². The minimum absolute atomic E-state index is 0.168. The van der Waals surface area contributed by atoms with Crippen molar-refractivity contribution in [2.24, 2.45) is 5.92 Å². The second kappa shape index (κ2) is 13.2. The van der Waals surface area contributed by atoms with E-state index in [0.29, 0.717) is 28.3 Å². The fourth-order valence-electron chi connectivity index (χ4n) is 6.95. The molecular formula is C33H40F3N7OS. The van der Waals surface area contributed by atoms with E-state index in [1.165, 1.54) is 11.9 Å². The predicted octanol–water partition coefficient (Wildman–Crippen LogP) is 6.10. The Morgan fingerprint density at radius 3 is 2.49 bits per heavy atom. The average Bonchev–Trinajstić information content (AvgIpc) is 3.60. The Bertz CT molecular complexity index is 1680. The molecule has 2 aliphatic rings. The molecule has 240 valence electrons. The van der Waals surface area contributed by atoms with Gasteiger partial charge in [0.1, 0.15) is 28.7 Å². The van der Waals surface area contributed by atoms with Crippen molar-refractivity contribution in [1.82, 2.24) is 24.3 Å². The maximum absolute atomic E-state index is 12.9. The number of aromatic nitrogens is 3. The van der Waals surface area contributed by atoms with Crippen molar-refractivity contribution in [1.29, 1.82) is 5.26 Å². The molecule has 1 atom stereocenters. The fraction of sp³-hybridized carbons (Fsp3) is 0.545. The van der Waals surface area contributed by atoms with Crippen molar-refractivity contribution in [3.63, 3.8) is 0 Å². The predicted molar refractivity (Wildman–Crippen MR) is 171 cm³/mol. The monoisotopic (exact) mass is 639 g/mol. The number of aliphatic hydroxyl groups excluding tert-OH is 1. The van der Waals surface area contributed by atoms with E-state index < -0.39 is 18.7 Å². The molecule has 0 amide bonds. The van der Waals surface area contributed by atoms with Gasteiger partial charge in [0, 0.05) is 41.5 Å². The number of hydrogen-bond donors (Lipinski definition) is 2. The number of aryl methyl sites for hydroxylation is 1. The van der Waals surface area contributed by atoms with E-state index in [9.17, 15) is 23.5 Å². The van der Waals surface area contributed by atoms with E-state index >= 15 is 0 Å². The standard InChI is InChI=1S/C33H40F3N7OS/c1-3-41-10-6-22(7-11-41)30(44)19-43-25(17-37)14-27-21(2)23(4-5-29(27)43)18-42-12-8-24(9-13-42)40-31-28-15-26(16-33(34,35)36)45-32(28)39-20-38-31/h4-5,14-15,20,22,24,30,44H,3,6-13,16,18-19H2,1-2H3,(H,38,39,40). The largest absolute Gasteiger partial charge is 0.393 e. The molecular weight excluding hydrogens is 599 g/mol. The molecule has 0 spiro atoms. The van der Waals surface area contributed by atoms with Crippen molar-refractivity contribution in [3.05, 3.63) is 52.3 Å². The molecule has 45 heavy (non-hydrogen) atoms. The van der Waals surface area contributed by atoms with E-state index in [2.05, 4.69) is 57.1 Å². The summed E-state index contributed by atoms with van der Waals surface area (Å²) in [5.74, 6) is 0.839. The highest BCUT2D eigenvalue weighted by Crippen LogP contribution is 2.34. The number of halogens is 3. The Balaban J connectivity index is 1.09. The Kier molecular flexibility index (Phi) is 9.34. The lowest BCUT2D eigenvalue weighted by atomic mass is 9.91. The molecule has 8 nitrogen and oxygen atoms in total. The molecule has 1 unspecified atom stereocenters. The Labute approximate surface area is 265 Å². The number of hydrogen-bond acceptors (Lipinski definition) is 8. The molecule has 5 heterocycles. The summed E-state index contributed by atoms with van der Waals surface area (Å²) in [6.45, 7) is 10.3. The van der Waals surface area contributed by atoms with Crippen LogP contribution < -0.4 is 5.32 Å². The fourth-order valence-corrected chi connectivity index (χ4v) is 7.97. The SMILES string of the molecule is CCN1CCC(C(O)Cn2c(C#N)cc3c(C)c(CN4CCC(Nc5ncnc6sc(CC(F)(F)F)cc56)CC4)ccc32)CC1. The molecule has 2 fully saturated rings. The van der Waals surface area contributed by atoms with Crippen LogP contribution in [-0.4, -0.2) is 80.5 Å². The molecule has 0 saturated carbocycles. The van der Waals surface area contributed by atoms with Crippen molar-refractivity contribution >= 4 is 38.3 Å². The zero-order valence-electron chi connectivity index (χ0n) is 25.8. The number of thiophene rings is 1. The maximum atomic E-state index is 12.9. The van der Waals surface area contributed by atoms with E-state index in [-0.39, 0.29) is 16.8 Å². The van der Waals surface area contributed by atoms with Gasteiger partial charge in [0.15, 0.2) is 0 Å². The van der Waals surface area contributed by atoms with Gasteiger partial charge in [0.25, 0.3) is 0 Å². The van der Waals surface area contributed by atoms with Crippen LogP contribution in [0.2, 0.25) is 0 Å². The number of piperidine rings is 2. The molecule has 3 aromatic heterocycles. The van der Waals surface area contributed by atoms with Gasteiger partial charge >= 0.3 is 6.18 Å². The quantitative estimate of drug-likeness (QED) is 0.229. The van der Waals surface area contributed by atoms with Gasteiger partial charge in [0.2, 0.25) is 0 Å². The third-order valence-electron chi connectivity index (χ3n) is 9.65. The van der Waals surface area contributed by atoms with E-state index in [0.717, 1.165) is 92.8 Å². The lowest BCUT2D eigenvalue weighted by molar-refractivity contribution is -0.126. The second-order valence-corrected chi connectivity index (χ2v) is 13.6. The summed E-state index contributed by atoms with van der Waals surface area (Å²) in [5, 5.41) is 26.2. The highest BCUT2D eigenvalue weighted by atomic mass is 32.1. The van der Waals surface area contributed by atoms with Crippen LogP contribution in [0.4, 0.5) is 19.0 Å². The van der Waals surface area contributed by atoms with Crippen molar-refractivity contribution in [2.75, 3.05) is 38.0 Å². The van der Waals surface area contributed by atoms with Crippen molar-refractivity contribution < 1.29 is 18.3 Å². The topological polar surface area (TPSA) is 93.2 Å². The zero-order chi connectivity index (χ0) is 31.7. The highest BCUT2D eigenvalue weighted by molar-refractivity contribution is 7.18. The molecule has 2 saturated heterocycles. The normalized spacial score (nSPS) is 18.5. The van der Waals surface area contributed by atoms with Gasteiger partial charge in [-0.1, -0.05) is 13.0 Å². The summed E-state index contributed by atoms with van der Waals surface area (Å²) in [7, 11) is 0. The number of nitrogens with zero attached hydrogens (tertiary/aromatic N) is 6. The number of alkyl halides is 3. The summed E-state index contributed by atoms with van der Waals surface area (Å²) < 4.78 is 40.8. The first-order valence-electron chi connectivity index (χ1n) is 15.8. The van der Waals surface area contributed by atoms with Gasteiger partial charge in [-0.3, -0.25) is 4.90 Å². The number of likely N-dealkylation sites (tertiary alicyclic amines) is 2. The van der Waals surface area contributed by atoms with Crippen LogP contribution in [0.3, 0.4) is 0 Å². The molecule has 6 rings (SSSR count). The molecule has 0 bridgehead atoms. The van der Waals surface area contributed by atoms with Crippen LogP contribution in [0.15, 0.2) is 30.6 Å². The number of nitriles is 1. The number of fused-ring (bicyclic) bond motifs is 2. The first kappa shape index (κ1) is 31.7. The summed E-state index contributed by atoms with van der Waals surface area (Å²) in [5.41, 5.74) is 3.95. The van der Waals surface area contributed by atoms with Gasteiger partial charge in [-0.25, -0.2) is 9.97 Å². The number of benzene rings is 1. The van der Waals surface area contributed by atoms with Gasteiger partial charge in [-0.05, 0) is 87.5 Å². The van der Waals surface area contributed by atoms with Gasteiger partial charge in [-0.2, -0.15) is 18.4 Å². The highest BCUT2D eigenvalue weighted by Gasteiger charge is 2.30. The van der Waals surface area contributed by atoms with Crippen LogP contribution >= 0.6 is 11.3 Å². The second-order valence-electron chi connectivity index (χ2n) is 12.5. The van der Waals surface area contributed by atoms with Crippen molar-refractivity contribution in [2.45, 2.75) is 77.4 Å². The molecule has 4 aromatic rings. The molecule has 0 radical (unpaired) electrons. The van der Waals surface area contributed by atoms with E-state index in [1.54, 1.807) is 6.07 Å². The average molecular weight is 640 g/mol.